The molecule has 1 aromatic rings. The zero-order valence-electron chi connectivity index (χ0n) is 12.3. The first kappa shape index (κ1) is 16.0. The summed E-state index contributed by atoms with van der Waals surface area (Å²) in [5.74, 6) is -0.00318. The Bertz CT molecular complexity index is 490. The smallest absolute Gasteiger partial charge is 0.343 e. The molecule has 1 aliphatic carbocycles. The van der Waals surface area contributed by atoms with Crippen LogP contribution in [-0.4, -0.2) is 41.8 Å². The van der Waals surface area contributed by atoms with Gasteiger partial charge in [-0.2, -0.15) is 4.98 Å². The average molecular weight is 314 g/mol. The Morgan fingerprint density at radius 1 is 1.43 bits per heavy atom. The van der Waals surface area contributed by atoms with Gasteiger partial charge in [-0.1, -0.05) is 0 Å². The first-order valence-corrected chi connectivity index (χ1v) is 7.50. The molecule has 1 fully saturated rings. The molecule has 0 aliphatic heterocycles. The molecular formula is C14H20ClN3O3. The lowest BCUT2D eigenvalue weighted by Crippen LogP contribution is -2.30. The second-order valence-corrected chi connectivity index (χ2v) is 5.31. The van der Waals surface area contributed by atoms with Crippen LogP contribution >= 0.6 is 11.6 Å². The van der Waals surface area contributed by atoms with Crippen molar-refractivity contribution in [3.8, 4) is 0 Å². The van der Waals surface area contributed by atoms with Gasteiger partial charge < -0.3 is 14.8 Å². The monoisotopic (exact) mass is 313 g/mol. The molecule has 116 valence electrons. The molecule has 0 bridgehead atoms. The molecule has 6 nitrogen and oxygen atoms in total. The van der Waals surface area contributed by atoms with E-state index in [1.54, 1.807) is 14.0 Å². The normalized spacial score (nSPS) is 21.9. The summed E-state index contributed by atoms with van der Waals surface area (Å²) in [6.45, 7) is 2.06. The molecule has 1 heterocycles. The van der Waals surface area contributed by atoms with E-state index in [0.717, 1.165) is 25.7 Å². The summed E-state index contributed by atoms with van der Waals surface area (Å²) in [4.78, 5) is 19.9. The van der Waals surface area contributed by atoms with Crippen LogP contribution in [0.3, 0.4) is 0 Å². The molecule has 1 aromatic heterocycles. The maximum absolute atomic E-state index is 11.9. The van der Waals surface area contributed by atoms with Gasteiger partial charge in [0.1, 0.15) is 11.4 Å². The molecule has 0 unspecified atom stereocenters. The largest absolute Gasteiger partial charge is 0.462 e. The van der Waals surface area contributed by atoms with Crippen molar-refractivity contribution in [3.63, 3.8) is 0 Å². The van der Waals surface area contributed by atoms with Crippen molar-refractivity contribution in [3.05, 3.63) is 17.0 Å². The number of aromatic nitrogens is 2. The van der Waals surface area contributed by atoms with Gasteiger partial charge in [-0.05, 0) is 44.2 Å². The average Bonchev–Trinajstić information content (AvgIpc) is 2.48. The number of nitrogens with one attached hydrogen (secondary N) is 1. The summed E-state index contributed by atoms with van der Waals surface area (Å²) in [5, 5.41) is 3.39. The van der Waals surface area contributed by atoms with Crippen molar-refractivity contribution in [1.29, 1.82) is 0 Å². The molecule has 1 N–H and O–H groups in total. The molecule has 0 atom stereocenters. The quantitative estimate of drug-likeness (QED) is 0.665. The number of nitrogens with zero attached hydrogens (tertiary/aromatic N) is 2. The number of halogens is 1. The molecule has 2 rings (SSSR count). The molecule has 0 spiro atoms. The minimum Gasteiger partial charge on any atom is -0.462 e. The molecule has 0 radical (unpaired) electrons. The lowest BCUT2D eigenvalue weighted by molar-refractivity contribution is 0.0526. The number of carbonyl (C=O) groups is 1. The standard InChI is InChI=1S/C14H20ClN3O3/c1-3-21-13(19)11-8-16-14(15)18-12(11)17-9-4-6-10(20-2)7-5-9/h8-10H,3-7H2,1-2H3,(H,16,17,18). The molecule has 0 aromatic carbocycles. The van der Waals surface area contributed by atoms with Gasteiger partial charge in [0.15, 0.2) is 0 Å². The van der Waals surface area contributed by atoms with Crippen LogP contribution in [0.4, 0.5) is 5.82 Å². The first-order valence-electron chi connectivity index (χ1n) is 7.13. The van der Waals surface area contributed by atoms with Gasteiger partial charge in [0.2, 0.25) is 5.28 Å². The van der Waals surface area contributed by atoms with Gasteiger partial charge in [0.25, 0.3) is 0 Å². The van der Waals surface area contributed by atoms with Crippen LogP contribution in [0, 0.1) is 0 Å². The molecule has 7 heteroatoms. The van der Waals surface area contributed by atoms with E-state index >= 15 is 0 Å². The van der Waals surface area contributed by atoms with E-state index in [1.165, 1.54) is 6.20 Å². The van der Waals surface area contributed by atoms with Gasteiger partial charge in [0.05, 0.1) is 12.7 Å². The summed E-state index contributed by atoms with van der Waals surface area (Å²) in [6, 6.07) is 0.246. The van der Waals surface area contributed by atoms with E-state index in [4.69, 9.17) is 21.1 Å². The van der Waals surface area contributed by atoms with Crippen molar-refractivity contribution >= 4 is 23.4 Å². The summed E-state index contributed by atoms with van der Waals surface area (Å²) >= 11 is 5.83. The maximum atomic E-state index is 11.9. The summed E-state index contributed by atoms with van der Waals surface area (Å²) < 4.78 is 10.4. The number of carbonyl (C=O) groups excluding carboxylic acids is 1. The fourth-order valence-corrected chi connectivity index (χ4v) is 2.60. The zero-order chi connectivity index (χ0) is 15.2. The molecule has 1 saturated carbocycles. The van der Waals surface area contributed by atoms with E-state index in [1.807, 2.05) is 0 Å². The maximum Gasteiger partial charge on any atom is 0.343 e. The predicted octanol–water partition coefficient (Wildman–Crippen LogP) is 2.68. The third-order valence-corrected chi connectivity index (χ3v) is 3.79. The highest BCUT2D eigenvalue weighted by molar-refractivity contribution is 6.28. The third kappa shape index (κ3) is 4.28. The van der Waals surface area contributed by atoms with Crippen LogP contribution in [0.1, 0.15) is 43.0 Å². The van der Waals surface area contributed by atoms with Crippen molar-refractivity contribution in [2.45, 2.75) is 44.8 Å². The minimum absolute atomic E-state index is 0.108. The number of hydrogen-bond donors (Lipinski definition) is 1. The van der Waals surface area contributed by atoms with Gasteiger partial charge in [-0.15, -0.1) is 0 Å². The third-order valence-electron chi connectivity index (χ3n) is 3.60. The highest BCUT2D eigenvalue weighted by Crippen LogP contribution is 2.25. The number of ether oxygens (including phenoxy) is 2. The van der Waals surface area contributed by atoms with E-state index in [9.17, 15) is 4.79 Å². The van der Waals surface area contributed by atoms with Crippen molar-refractivity contribution < 1.29 is 14.3 Å². The Balaban J connectivity index is 2.08. The van der Waals surface area contributed by atoms with Gasteiger partial charge in [0, 0.05) is 19.3 Å². The van der Waals surface area contributed by atoms with Crippen LogP contribution in [0.2, 0.25) is 5.28 Å². The Labute approximate surface area is 129 Å². The summed E-state index contributed by atoms with van der Waals surface area (Å²) in [7, 11) is 1.74. The molecule has 21 heavy (non-hydrogen) atoms. The number of esters is 1. The topological polar surface area (TPSA) is 73.3 Å². The highest BCUT2D eigenvalue weighted by atomic mass is 35.5. The number of methoxy groups -OCH3 is 1. The summed E-state index contributed by atoms with van der Waals surface area (Å²) in [5.41, 5.74) is 0.315. The van der Waals surface area contributed by atoms with Gasteiger partial charge >= 0.3 is 5.97 Å². The van der Waals surface area contributed by atoms with Gasteiger partial charge in [-0.3, -0.25) is 0 Å². The molecule has 0 saturated heterocycles. The Kier molecular flexibility index (Phi) is 5.76. The van der Waals surface area contributed by atoms with Crippen molar-refractivity contribution in [2.75, 3.05) is 19.0 Å². The Hall–Kier alpha value is -1.40. The molecule has 0 amide bonds. The zero-order valence-corrected chi connectivity index (χ0v) is 13.0. The lowest BCUT2D eigenvalue weighted by atomic mass is 9.93. The van der Waals surface area contributed by atoms with E-state index in [-0.39, 0.29) is 11.3 Å². The van der Waals surface area contributed by atoms with Crippen molar-refractivity contribution in [2.24, 2.45) is 0 Å². The van der Waals surface area contributed by atoms with Crippen LogP contribution in [0.25, 0.3) is 0 Å². The number of anilines is 1. The molecule has 1 aliphatic rings. The fourth-order valence-electron chi connectivity index (χ4n) is 2.46. The van der Waals surface area contributed by atoms with E-state index < -0.39 is 5.97 Å². The first-order chi connectivity index (χ1) is 10.1. The van der Waals surface area contributed by atoms with Crippen LogP contribution in [-0.2, 0) is 9.47 Å². The predicted molar refractivity (Wildman–Crippen MR) is 79.7 cm³/mol. The SMILES string of the molecule is CCOC(=O)c1cnc(Cl)nc1NC1CCC(OC)CC1. The molecular weight excluding hydrogens is 294 g/mol. The highest BCUT2D eigenvalue weighted by Gasteiger charge is 2.23. The minimum atomic E-state index is -0.442. The number of rotatable bonds is 5. The lowest BCUT2D eigenvalue weighted by Gasteiger charge is -2.28. The second-order valence-electron chi connectivity index (χ2n) is 4.98. The van der Waals surface area contributed by atoms with Crippen LogP contribution in [0.5, 0.6) is 0 Å². The number of hydrogen-bond acceptors (Lipinski definition) is 6. The summed E-state index contributed by atoms with van der Waals surface area (Å²) in [6.07, 6.45) is 5.62. The Morgan fingerprint density at radius 3 is 2.76 bits per heavy atom. The second kappa shape index (κ2) is 7.56. The van der Waals surface area contributed by atoms with Crippen LogP contribution < -0.4 is 5.32 Å². The van der Waals surface area contributed by atoms with E-state index in [0.29, 0.717) is 24.1 Å². The van der Waals surface area contributed by atoms with E-state index in [2.05, 4.69) is 15.3 Å². The van der Waals surface area contributed by atoms with Gasteiger partial charge in [-0.25, -0.2) is 9.78 Å². The Morgan fingerprint density at radius 2 is 2.14 bits per heavy atom. The van der Waals surface area contributed by atoms with Crippen molar-refractivity contribution in [1.82, 2.24) is 9.97 Å². The van der Waals surface area contributed by atoms with Crippen LogP contribution in [0.15, 0.2) is 6.20 Å². The fraction of sp³-hybridized carbons (Fsp3) is 0.643.